The average Bonchev–Trinajstić information content (AvgIpc) is 4.11. The number of ether oxygens (including phenoxy) is 4. The molecule has 0 radical (unpaired) electrons. The number of amides is 4. The van der Waals surface area contributed by atoms with Gasteiger partial charge in [-0.1, -0.05) is 61.5 Å². The zero-order valence-corrected chi connectivity index (χ0v) is 42.2. The second-order valence-electron chi connectivity index (χ2n) is 18.6. The normalized spacial score (nSPS) is 14.7. The van der Waals surface area contributed by atoms with Crippen LogP contribution in [0.15, 0.2) is 104 Å². The number of nitrogens with one attached hydrogen (secondary N) is 5. The average molecular weight is 992 g/mol. The topological polar surface area (TPSA) is 262 Å². The van der Waals surface area contributed by atoms with Crippen LogP contribution in [0.5, 0.6) is 11.5 Å². The van der Waals surface area contributed by atoms with Crippen LogP contribution in [-0.2, 0) is 64.5 Å². The summed E-state index contributed by atoms with van der Waals surface area (Å²) < 4.78 is 20.5. The largest absolute Gasteiger partial charge is 0.497 e. The molecule has 0 spiro atoms. The van der Waals surface area contributed by atoms with Gasteiger partial charge in [0.15, 0.2) is 0 Å². The first-order chi connectivity index (χ1) is 34.5. The van der Waals surface area contributed by atoms with E-state index < -0.39 is 59.1 Å². The van der Waals surface area contributed by atoms with E-state index in [1.165, 1.54) is 19.8 Å². The van der Waals surface area contributed by atoms with Crippen LogP contribution >= 0.6 is 0 Å². The fraction of sp³-hybridized carbons (Fsp3) is 0.434. The van der Waals surface area contributed by atoms with E-state index in [1.807, 2.05) is 61.5 Å². The third kappa shape index (κ3) is 16.3. The van der Waals surface area contributed by atoms with Gasteiger partial charge in [-0.15, -0.1) is 0 Å². The minimum absolute atomic E-state index is 0.126. The maximum Gasteiger partial charge on any atom is 0.408 e. The number of rotatable bonds is 21. The highest BCUT2D eigenvalue weighted by atomic mass is 16.6. The lowest BCUT2D eigenvalue weighted by molar-refractivity contribution is -0.145. The maximum absolute atomic E-state index is 13.9. The van der Waals surface area contributed by atoms with Gasteiger partial charge in [-0.25, -0.2) is 19.6 Å². The van der Waals surface area contributed by atoms with Crippen molar-refractivity contribution < 1.29 is 47.7 Å². The molecule has 7 N–H and O–H groups in total. The molecular formula is C53H69N9O10. The first-order valence-corrected chi connectivity index (χ1v) is 24.0. The molecule has 1 aliphatic heterocycles. The number of alkyl carbamates (subject to hydrolysis) is 1. The lowest BCUT2D eigenvalue weighted by atomic mass is 9.68. The molecule has 0 unspecified atom stereocenters. The third-order valence-electron chi connectivity index (χ3n) is 12.2. The summed E-state index contributed by atoms with van der Waals surface area (Å²) in [6.07, 6.45) is 8.72. The summed E-state index contributed by atoms with van der Waals surface area (Å²) in [6, 6.07) is 20.8. The number of hydrogen-bond acceptors (Lipinski definition) is 13. The zero-order valence-electron chi connectivity index (χ0n) is 42.2. The molecule has 386 valence electrons. The standard InChI is InChI=1S/C31H39N5O4.C22H30N4O6/c1-3-7-28(37)31(23-8-5-4-6-9-23)14-16-36(17-15-31)30(39)27(18-22-10-12-25(40-2)13-11-22)35-29(38)26(32)19-24-20-33-21-34-24;1-22(2,3)32-21(29)26-17(11-15-12-23-13-24-15)19(27)25-18(20(28)31-5)10-14-6-8-16(30-4)9-7-14/h4-6,8-13,20-21,26-27H,3,7,14-19,32H2,1-2H3,(H,33,34)(H,35,38);6-9,12-13,17-18H,10-11H2,1-5H3,(H,23,24)(H,25,27)(H,26,29)/t26-,27+;17-,18+/m00/s1. The highest BCUT2D eigenvalue weighted by Crippen LogP contribution is 2.38. The fourth-order valence-corrected chi connectivity index (χ4v) is 8.36. The van der Waals surface area contributed by atoms with Crippen molar-refractivity contribution in [3.63, 3.8) is 0 Å². The first kappa shape index (κ1) is 55.4. The maximum atomic E-state index is 13.9. The van der Waals surface area contributed by atoms with E-state index in [2.05, 4.69) is 35.9 Å². The molecule has 1 aliphatic rings. The number of methoxy groups -OCH3 is 3. The summed E-state index contributed by atoms with van der Waals surface area (Å²) in [5.74, 6) is -0.143. The predicted octanol–water partition coefficient (Wildman–Crippen LogP) is 4.70. The Hall–Kier alpha value is -7.54. The molecular weight excluding hydrogens is 923 g/mol. The van der Waals surface area contributed by atoms with Crippen molar-refractivity contribution in [2.45, 2.75) is 114 Å². The Labute approximate surface area is 420 Å². The van der Waals surface area contributed by atoms with E-state index in [0.29, 0.717) is 56.0 Å². The molecule has 0 bridgehead atoms. The summed E-state index contributed by atoms with van der Waals surface area (Å²) in [5, 5.41) is 8.15. The van der Waals surface area contributed by atoms with Crippen molar-refractivity contribution in [3.8, 4) is 11.5 Å². The number of aromatic amines is 2. The number of esters is 1. The Kier molecular flexibility index (Phi) is 20.5. The van der Waals surface area contributed by atoms with Crippen molar-refractivity contribution in [3.05, 3.63) is 132 Å². The monoisotopic (exact) mass is 992 g/mol. The van der Waals surface area contributed by atoms with E-state index in [4.69, 9.17) is 24.7 Å². The lowest BCUT2D eigenvalue weighted by Crippen LogP contribution is -2.57. The summed E-state index contributed by atoms with van der Waals surface area (Å²) in [7, 11) is 4.40. The van der Waals surface area contributed by atoms with Gasteiger partial charge >= 0.3 is 12.1 Å². The van der Waals surface area contributed by atoms with Gasteiger partial charge in [-0.05, 0) is 81.0 Å². The smallest absolute Gasteiger partial charge is 0.408 e. The molecule has 1 saturated heterocycles. The zero-order chi connectivity index (χ0) is 52.3. The van der Waals surface area contributed by atoms with Crippen molar-refractivity contribution in [1.82, 2.24) is 40.8 Å². The molecule has 6 rings (SSSR count). The number of aromatic nitrogens is 4. The second-order valence-corrected chi connectivity index (χ2v) is 18.6. The molecule has 72 heavy (non-hydrogen) atoms. The number of Topliss-reactive ketones (excluding diaryl/α,β-unsaturated/α-hetero) is 1. The molecule has 3 aromatic carbocycles. The van der Waals surface area contributed by atoms with Crippen LogP contribution in [0.25, 0.3) is 0 Å². The highest BCUT2D eigenvalue weighted by molar-refractivity contribution is 5.93. The number of carbonyl (C=O) groups is 6. The van der Waals surface area contributed by atoms with Crippen LogP contribution in [0.3, 0.4) is 0 Å². The van der Waals surface area contributed by atoms with Crippen LogP contribution in [0.4, 0.5) is 4.79 Å². The summed E-state index contributed by atoms with van der Waals surface area (Å²) >= 11 is 0. The molecule has 5 aromatic rings. The molecule has 2 aromatic heterocycles. The first-order valence-electron chi connectivity index (χ1n) is 24.0. The van der Waals surface area contributed by atoms with E-state index in [9.17, 15) is 28.8 Å². The Morgan fingerprint density at radius 2 is 1.22 bits per heavy atom. The predicted molar refractivity (Wildman–Crippen MR) is 269 cm³/mol. The van der Waals surface area contributed by atoms with Gasteiger partial charge in [0.25, 0.3) is 0 Å². The van der Waals surface area contributed by atoms with Crippen molar-refractivity contribution in [2.75, 3.05) is 34.4 Å². The summed E-state index contributed by atoms with van der Waals surface area (Å²) in [4.78, 5) is 93.6. The van der Waals surface area contributed by atoms with Crippen molar-refractivity contribution in [2.24, 2.45) is 5.73 Å². The van der Waals surface area contributed by atoms with Gasteiger partial charge < -0.3 is 55.5 Å². The molecule has 4 atom stereocenters. The van der Waals surface area contributed by atoms with Crippen molar-refractivity contribution >= 4 is 35.6 Å². The van der Waals surface area contributed by atoms with E-state index in [1.54, 1.807) is 76.5 Å². The summed E-state index contributed by atoms with van der Waals surface area (Å²) in [6.45, 7) is 8.03. The van der Waals surface area contributed by atoms with Crippen molar-refractivity contribution in [1.29, 1.82) is 0 Å². The van der Waals surface area contributed by atoms with Crippen LogP contribution in [-0.4, -0.2) is 125 Å². The number of likely N-dealkylation sites (tertiary alicyclic amines) is 1. The number of benzene rings is 3. The van der Waals surface area contributed by atoms with Gasteiger partial charge in [-0.2, -0.15) is 0 Å². The summed E-state index contributed by atoms with van der Waals surface area (Å²) in [5.41, 5.74) is 8.92. The lowest BCUT2D eigenvalue weighted by Gasteiger charge is -2.42. The van der Waals surface area contributed by atoms with Crippen LogP contribution in [0.2, 0.25) is 0 Å². The molecule has 0 aliphatic carbocycles. The van der Waals surface area contributed by atoms with Gasteiger partial charge in [0.05, 0.1) is 45.4 Å². The minimum atomic E-state index is -1.01. The van der Waals surface area contributed by atoms with Crippen LogP contribution < -0.4 is 31.2 Å². The fourth-order valence-electron chi connectivity index (χ4n) is 8.36. The Morgan fingerprint density at radius 3 is 1.71 bits per heavy atom. The molecule has 3 heterocycles. The Morgan fingerprint density at radius 1 is 0.694 bits per heavy atom. The Bertz CT molecular complexity index is 2490. The number of H-pyrrole nitrogens is 2. The SMILES string of the molecule is CCCC(=O)C1(c2ccccc2)CCN(C(=O)[C@@H](Cc2ccc(OC)cc2)NC(=O)[C@@H](N)Cc2cnc[nH]2)CC1.COC(=O)[C@@H](Cc1ccc(OC)cc1)NC(=O)[C@H](Cc1cnc[nH]1)NC(=O)OC(C)(C)C. The van der Waals surface area contributed by atoms with Gasteiger partial charge in [0, 0.05) is 69.0 Å². The Balaban J connectivity index is 0.000000275. The quantitative estimate of drug-likeness (QED) is 0.0546. The third-order valence-corrected chi connectivity index (χ3v) is 12.2. The number of hydrogen-bond donors (Lipinski definition) is 6. The number of nitrogens with zero attached hydrogens (tertiary/aromatic N) is 3. The van der Waals surface area contributed by atoms with Crippen LogP contribution in [0.1, 0.15) is 81.5 Å². The molecule has 1 fully saturated rings. The number of imidazole rings is 2. The van der Waals surface area contributed by atoms with E-state index >= 15 is 0 Å². The molecule has 0 saturated carbocycles. The molecule has 19 heteroatoms. The van der Waals surface area contributed by atoms with Gasteiger partial charge in [0.2, 0.25) is 17.7 Å². The second kappa shape index (κ2) is 26.6. The number of nitrogens with two attached hydrogens (primary N) is 1. The van der Waals surface area contributed by atoms with Gasteiger partial charge in [-0.3, -0.25) is 19.2 Å². The highest BCUT2D eigenvalue weighted by Gasteiger charge is 2.43. The molecule has 19 nitrogen and oxygen atoms in total. The van der Waals surface area contributed by atoms with Gasteiger partial charge in [0.1, 0.15) is 41.0 Å². The van der Waals surface area contributed by atoms with E-state index in [-0.39, 0.29) is 31.0 Å². The minimum Gasteiger partial charge on any atom is -0.497 e. The number of piperidine rings is 1. The number of carbonyl (C=O) groups excluding carboxylic acids is 6. The van der Waals surface area contributed by atoms with E-state index in [0.717, 1.165) is 28.8 Å². The van der Waals surface area contributed by atoms with Crippen LogP contribution in [0, 0.1) is 0 Å². The molecule has 4 amide bonds. The number of ketones is 1.